The number of hydrogen-bond acceptors (Lipinski definition) is 12. The van der Waals surface area contributed by atoms with Gasteiger partial charge in [0, 0.05) is 30.5 Å². The van der Waals surface area contributed by atoms with Gasteiger partial charge in [-0.2, -0.15) is 9.97 Å². The summed E-state index contributed by atoms with van der Waals surface area (Å²) < 4.78 is 13.5. The van der Waals surface area contributed by atoms with Gasteiger partial charge in [0.2, 0.25) is 5.95 Å². The van der Waals surface area contributed by atoms with E-state index in [-0.39, 0.29) is 23.9 Å². The summed E-state index contributed by atoms with van der Waals surface area (Å²) in [6, 6.07) is 21.0. The lowest BCUT2D eigenvalue weighted by molar-refractivity contribution is -0.142. The van der Waals surface area contributed by atoms with Crippen molar-refractivity contribution in [2.75, 3.05) is 17.2 Å². The second-order valence-electron chi connectivity index (χ2n) is 13.1. The number of rotatable bonds is 12. The highest BCUT2D eigenvalue weighted by molar-refractivity contribution is 5.84. The lowest BCUT2D eigenvalue weighted by Gasteiger charge is -2.27. The van der Waals surface area contributed by atoms with E-state index >= 15 is 0 Å². The van der Waals surface area contributed by atoms with E-state index in [1.807, 2.05) is 50.2 Å². The van der Waals surface area contributed by atoms with Gasteiger partial charge in [-0.1, -0.05) is 74.5 Å². The summed E-state index contributed by atoms with van der Waals surface area (Å²) in [4.78, 5) is 29.3. The van der Waals surface area contributed by atoms with Crippen LogP contribution in [0.25, 0.3) is 11.2 Å². The summed E-state index contributed by atoms with van der Waals surface area (Å²) in [6.45, 7) is 4.80. The van der Waals surface area contributed by atoms with Crippen LogP contribution in [-0.4, -0.2) is 77.1 Å². The molecule has 4 atom stereocenters. The van der Waals surface area contributed by atoms with Crippen molar-refractivity contribution in [3.8, 4) is 0 Å². The number of nitrogens with zero attached hydrogens (tertiary/aromatic N) is 6. The highest BCUT2D eigenvalue weighted by Gasteiger charge is 2.49. The van der Waals surface area contributed by atoms with Gasteiger partial charge in [0.25, 0.3) is 6.47 Å². The van der Waals surface area contributed by atoms with Gasteiger partial charge < -0.3 is 35.9 Å². The summed E-state index contributed by atoms with van der Waals surface area (Å²) in [5.74, 6) is 2.07. The highest BCUT2D eigenvalue weighted by Crippen LogP contribution is 2.41. The molecule has 0 spiro atoms. The van der Waals surface area contributed by atoms with Crippen LogP contribution in [0.15, 0.2) is 67.0 Å². The van der Waals surface area contributed by atoms with Gasteiger partial charge >= 0.3 is 0 Å². The van der Waals surface area contributed by atoms with E-state index in [1.54, 1.807) is 10.9 Å². The second-order valence-corrected chi connectivity index (χ2v) is 13.1. The number of nitrogens with one attached hydrogen (secondary N) is 3. The first-order valence-electron chi connectivity index (χ1n) is 16.8. The van der Waals surface area contributed by atoms with E-state index in [4.69, 9.17) is 30.2 Å². The number of fused-ring (bicyclic) bond motifs is 1. The third-order valence-electron chi connectivity index (χ3n) is 9.44. The number of imidazole rings is 1. The van der Waals surface area contributed by atoms with Crippen LogP contribution >= 0.6 is 0 Å². The number of hydrogen-bond donors (Lipinski definition) is 5. The fourth-order valence-corrected chi connectivity index (χ4v) is 6.72. The topological polar surface area (TPSA) is 191 Å². The molecule has 5 aromatic rings. The lowest BCUT2D eigenvalue weighted by Crippen LogP contribution is -2.33. The minimum absolute atomic E-state index is 0.0304. The molecule has 49 heavy (non-hydrogen) atoms. The molecule has 0 radical (unpaired) electrons. The van der Waals surface area contributed by atoms with Crippen LogP contribution in [0, 0.1) is 0 Å². The zero-order valence-electron chi connectivity index (χ0n) is 27.5. The number of ether oxygens (including phenoxy) is 2. The van der Waals surface area contributed by atoms with E-state index in [0.717, 1.165) is 36.8 Å². The van der Waals surface area contributed by atoms with Crippen molar-refractivity contribution in [3.05, 3.63) is 89.8 Å². The zero-order chi connectivity index (χ0) is 33.9. The van der Waals surface area contributed by atoms with Gasteiger partial charge in [0.1, 0.15) is 18.0 Å². The zero-order valence-corrected chi connectivity index (χ0v) is 27.5. The van der Waals surface area contributed by atoms with Gasteiger partial charge in [-0.25, -0.2) is 4.98 Å². The van der Waals surface area contributed by atoms with E-state index < -0.39 is 24.5 Å². The SMILES string of the molecule is CC(C)c1nnc([C@H]2O[C@@H](n3cnc4c(NCC(c5ccccc5)c5ccccc5)nc(N[C@H]5CC[C@H](N)CC5)nc43)[C@H](OC=O)[C@@H]2O)[nH]1. The Morgan fingerprint density at radius 1 is 1.04 bits per heavy atom. The molecule has 0 unspecified atom stereocenters. The Morgan fingerprint density at radius 2 is 1.73 bits per heavy atom. The number of benzene rings is 2. The van der Waals surface area contributed by atoms with Crippen LogP contribution in [0.3, 0.4) is 0 Å². The molecule has 0 amide bonds. The van der Waals surface area contributed by atoms with E-state index in [9.17, 15) is 9.90 Å². The van der Waals surface area contributed by atoms with Crippen molar-refractivity contribution in [2.45, 2.75) is 88.0 Å². The third-order valence-corrected chi connectivity index (χ3v) is 9.44. The average Bonchev–Trinajstić information content (AvgIpc) is 3.85. The van der Waals surface area contributed by atoms with Crippen molar-refractivity contribution >= 4 is 29.4 Å². The van der Waals surface area contributed by atoms with Crippen molar-refractivity contribution in [3.63, 3.8) is 0 Å². The van der Waals surface area contributed by atoms with Crippen LogP contribution in [0.1, 0.15) is 86.5 Å². The molecule has 2 aliphatic rings. The Balaban J connectivity index is 1.25. The fraction of sp³-hybridized carbons (Fsp3) is 0.429. The number of H-pyrrole nitrogens is 1. The smallest absolute Gasteiger partial charge is 0.293 e. The quantitative estimate of drug-likeness (QED) is 0.120. The maximum Gasteiger partial charge on any atom is 0.293 e. The molecule has 2 aromatic carbocycles. The second kappa shape index (κ2) is 14.3. The predicted octanol–water partition coefficient (Wildman–Crippen LogP) is 4.17. The maximum atomic E-state index is 11.7. The maximum absolute atomic E-state index is 11.7. The number of aliphatic hydroxyl groups is 1. The predicted molar refractivity (Wildman–Crippen MR) is 183 cm³/mol. The van der Waals surface area contributed by atoms with Crippen LogP contribution in [0.4, 0.5) is 11.8 Å². The van der Waals surface area contributed by atoms with Crippen molar-refractivity contribution < 1.29 is 19.4 Å². The number of nitrogens with two attached hydrogens (primary N) is 1. The minimum atomic E-state index is -1.23. The Bertz CT molecular complexity index is 1800. The highest BCUT2D eigenvalue weighted by atomic mass is 16.6. The number of aromatic nitrogens is 7. The Hall–Kier alpha value is -4.92. The average molecular weight is 667 g/mol. The first kappa shape index (κ1) is 32.6. The van der Waals surface area contributed by atoms with Crippen LogP contribution in [0.5, 0.6) is 0 Å². The summed E-state index contributed by atoms with van der Waals surface area (Å²) in [5.41, 5.74) is 9.46. The molecule has 1 aliphatic carbocycles. The molecule has 1 aliphatic heterocycles. The molecule has 1 saturated carbocycles. The van der Waals surface area contributed by atoms with Crippen LogP contribution in [-0.2, 0) is 14.3 Å². The first-order valence-corrected chi connectivity index (χ1v) is 16.8. The van der Waals surface area contributed by atoms with Crippen LogP contribution < -0.4 is 16.4 Å². The molecular weight excluding hydrogens is 624 g/mol. The number of anilines is 2. The molecule has 6 N–H and O–H groups in total. The first-order chi connectivity index (χ1) is 23.9. The molecule has 2 fully saturated rings. The number of carbonyl (C=O) groups is 1. The number of aliphatic hydroxyl groups excluding tert-OH is 1. The summed E-state index contributed by atoms with van der Waals surface area (Å²) >= 11 is 0. The van der Waals surface area contributed by atoms with Crippen molar-refractivity contribution in [1.82, 2.24) is 34.7 Å². The molecule has 256 valence electrons. The summed E-state index contributed by atoms with van der Waals surface area (Å²) in [6.07, 6.45) is 0.995. The molecule has 7 rings (SSSR count). The Labute approximate surface area is 283 Å². The molecule has 3 aromatic heterocycles. The molecule has 0 bridgehead atoms. The van der Waals surface area contributed by atoms with Gasteiger partial charge in [-0.05, 0) is 36.8 Å². The van der Waals surface area contributed by atoms with Gasteiger partial charge in [-0.3, -0.25) is 9.36 Å². The van der Waals surface area contributed by atoms with E-state index in [0.29, 0.717) is 47.6 Å². The molecule has 14 nitrogen and oxygen atoms in total. The number of carbonyl (C=O) groups excluding carboxylic acids is 1. The Morgan fingerprint density at radius 3 is 2.37 bits per heavy atom. The van der Waals surface area contributed by atoms with Gasteiger partial charge in [-0.15, -0.1) is 10.2 Å². The van der Waals surface area contributed by atoms with Gasteiger partial charge in [0.15, 0.2) is 35.1 Å². The summed E-state index contributed by atoms with van der Waals surface area (Å²) in [7, 11) is 0. The third kappa shape index (κ3) is 6.84. The molecule has 14 heteroatoms. The summed E-state index contributed by atoms with van der Waals surface area (Å²) in [5, 5.41) is 26.8. The number of aromatic amines is 1. The molecular formula is C35H42N10O4. The van der Waals surface area contributed by atoms with Crippen molar-refractivity contribution in [1.29, 1.82) is 0 Å². The molecule has 4 heterocycles. The monoisotopic (exact) mass is 666 g/mol. The van der Waals surface area contributed by atoms with E-state index in [2.05, 4.69) is 50.1 Å². The van der Waals surface area contributed by atoms with Gasteiger partial charge in [0.05, 0.1) is 6.33 Å². The fourth-order valence-electron chi connectivity index (χ4n) is 6.72. The Kier molecular flexibility index (Phi) is 9.51. The van der Waals surface area contributed by atoms with Crippen LogP contribution in [0.2, 0.25) is 0 Å². The molecule has 1 saturated heterocycles. The van der Waals surface area contributed by atoms with Crippen molar-refractivity contribution in [2.24, 2.45) is 5.73 Å². The van der Waals surface area contributed by atoms with E-state index in [1.165, 1.54) is 0 Å². The standard InChI is InChI=1S/C35H42N10O4/c1-20(2)30-40-32(44-43-30)28-27(47)29(48-19-46)34(49-28)45-18-38-26-31(41-35(42-33(26)45)39-24-15-13-23(36)14-16-24)37-17-25(21-9-5-3-6-10-21)22-11-7-4-8-12-22/h3-12,18-20,23-25,27-29,34,47H,13-17,36H2,1-2H3,(H,40,43,44)(H2,37,39,41,42)/t23-,24-,27-,28+,29-,34-/m1/s1. The minimum Gasteiger partial charge on any atom is -0.457 e. The lowest BCUT2D eigenvalue weighted by atomic mass is 9.91. The largest absolute Gasteiger partial charge is 0.457 e. The normalized spacial score (nSPS) is 24.0.